The van der Waals surface area contributed by atoms with E-state index in [4.69, 9.17) is 5.26 Å². The predicted octanol–water partition coefficient (Wildman–Crippen LogP) is 0.0882. The maximum Gasteiger partial charge on any atom is 0.238 e. The van der Waals surface area contributed by atoms with Crippen molar-refractivity contribution in [1.29, 1.82) is 5.26 Å². The Morgan fingerprint density at radius 3 is 2.93 bits per heavy atom. The molecule has 0 aromatic heterocycles. The summed E-state index contributed by atoms with van der Waals surface area (Å²) in [5.74, 6) is -0.318. The van der Waals surface area contributed by atoms with Gasteiger partial charge in [-0.25, -0.2) is 0 Å². The number of hydrogen-bond donors (Lipinski definition) is 1. The van der Waals surface area contributed by atoms with Crippen LogP contribution in [0, 0.1) is 23.3 Å². The molecule has 1 fully saturated rings. The van der Waals surface area contributed by atoms with Crippen LogP contribution >= 0.6 is 0 Å². The smallest absolute Gasteiger partial charge is 0.238 e. The van der Waals surface area contributed by atoms with E-state index < -0.39 is 0 Å². The Hall–Kier alpha value is -1.57. The lowest BCUT2D eigenvalue weighted by Gasteiger charge is -2.18. The van der Waals surface area contributed by atoms with E-state index in [0.29, 0.717) is 19.0 Å². The van der Waals surface area contributed by atoms with Crippen LogP contribution in [0.1, 0.15) is 20.3 Å². The third kappa shape index (κ3) is 2.94. The largest absolute Gasteiger partial charge is 0.342 e. The number of amides is 2. The van der Waals surface area contributed by atoms with Crippen LogP contribution in [0.5, 0.6) is 0 Å². The molecule has 5 heteroatoms. The SMILES string of the molecule is CC(C)CN1CC(C(=O)NC#N)CC1=O. The van der Waals surface area contributed by atoms with Gasteiger partial charge in [-0.3, -0.25) is 14.9 Å². The van der Waals surface area contributed by atoms with Crippen molar-refractivity contribution >= 4 is 11.8 Å². The van der Waals surface area contributed by atoms with Gasteiger partial charge >= 0.3 is 0 Å². The van der Waals surface area contributed by atoms with Crippen LogP contribution in [0.25, 0.3) is 0 Å². The van der Waals surface area contributed by atoms with Crippen LogP contribution in [0.15, 0.2) is 0 Å². The second-order valence-electron chi connectivity index (χ2n) is 4.19. The van der Waals surface area contributed by atoms with Gasteiger partial charge in [0.1, 0.15) is 0 Å². The summed E-state index contributed by atoms with van der Waals surface area (Å²) in [5, 5.41) is 10.4. The summed E-state index contributed by atoms with van der Waals surface area (Å²) in [6.45, 7) is 5.16. The maximum atomic E-state index is 11.5. The zero-order chi connectivity index (χ0) is 11.4. The van der Waals surface area contributed by atoms with Crippen molar-refractivity contribution in [2.24, 2.45) is 11.8 Å². The molecular weight excluding hydrogens is 194 g/mol. The Balaban J connectivity index is 2.52. The lowest BCUT2D eigenvalue weighted by Crippen LogP contribution is -2.32. The zero-order valence-corrected chi connectivity index (χ0v) is 8.99. The van der Waals surface area contributed by atoms with Crippen molar-refractivity contribution in [1.82, 2.24) is 10.2 Å². The first-order chi connectivity index (χ1) is 7.04. The normalized spacial score (nSPS) is 20.5. The molecule has 1 aliphatic heterocycles. The summed E-state index contributed by atoms with van der Waals surface area (Å²) >= 11 is 0. The Bertz CT molecular complexity index is 306. The minimum Gasteiger partial charge on any atom is -0.342 e. The number of hydrogen-bond acceptors (Lipinski definition) is 3. The molecule has 0 aliphatic carbocycles. The fourth-order valence-corrected chi connectivity index (χ4v) is 1.72. The Labute approximate surface area is 89.0 Å². The van der Waals surface area contributed by atoms with Crippen LogP contribution < -0.4 is 5.32 Å². The fourth-order valence-electron chi connectivity index (χ4n) is 1.72. The van der Waals surface area contributed by atoms with Gasteiger partial charge in [0, 0.05) is 19.5 Å². The van der Waals surface area contributed by atoms with E-state index in [1.165, 1.54) is 0 Å². The van der Waals surface area contributed by atoms with E-state index in [9.17, 15) is 9.59 Å². The van der Waals surface area contributed by atoms with Crippen LogP contribution in [-0.4, -0.2) is 29.8 Å². The first-order valence-electron chi connectivity index (χ1n) is 5.01. The molecular formula is C10H15N3O2. The van der Waals surface area contributed by atoms with Crippen LogP contribution in [-0.2, 0) is 9.59 Å². The van der Waals surface area contributed by atoms with Crippen LogP contribution in [0.2, 0.25) is 0 Å². The third-order valence-electron chi connectivity index (χ3n) is 2.35. The average molecular weight is 209 g/mol. The minimum absolute atomic E-state index is 0.00166. The molecule has 0 saturated carbocycles. The number of nitriles is 1. The van der Waals surface area contributed by atoms with E-state index in [1.807, 2.05) is 13.8 Å². The molecule has 0 aromatic carbocycles. The number of carbonyl (C=O) groups is 2. The van der Waals surface area contributed by atoms with E-state index in [1.54, 1.807) is 11.1 Å². The standard InChI is InChI=1S/C10H15N3O2/c1-7(2)4-13-5-8(3-9(13)14)10(15)12-6-11/h7-8H,3-5H2,1-2H3,(H,12,15). The molecule has 0 spiro atoms. The van der Waals surface area contributed by atoms with Crippen molar-refractivity contribution in [3.63, 3.8) is 0 Å². The lowest BCUT2D eigenvalue weighted by molar-refractivity contribution is -0.129. The molecule has 2 amide bonds. The van der Waals surface area contributed by atoms with Crippen molar-refractivity contribution in [2.75, 3.05) is 13.1 Å². The lowest BCUT2D eigenvalue weighted by atomic mass is 10.1. The van der Waals surface area contributed by atoms with Gasteiger partial charge in [0.2, 0.25) is 11.8 Å². The molecule has 1 atom stereocenters. The predicted molar refractivity (Wildman–Crippen MR) is 53.3 cm³/mol. The summed E-state index contributed by atoms with van der Waals surface area (Å²) in [5.41, 5.74) is 0. The highest BCUT2D eigenvalue weighted by atomic mass is 16.2. The molecule has 1 N–H and O–H groups in total. The molecule has 82 valence electrons. The van der Waals surface area contributed by atoms with Crippen LogP contribution in [0.4, 0.5) is 0 Å². The Morgan fingerprint density at radius 2 is 2.40 bits per heavy atom. The van der Waals surface area contributed by atoms with E-state index in [-0.39, 0.29) is 24.2 Å². The highest BCUT2D eigenvalue weighted by molar-refractivity contribution is 5.89. The monoisotopic (exact) mass is 209 g/mol. The molecule has 1 rings (SSSR count). The van der Waals surface area contributed by atoms with Gasteiger partial charge in [0.05, 0.1) is 5.92 Å². The summed E-state index contributed by atoms with van der Waals surface area (Å²) in [6, 6.07) is 0. The number of nitrogens with one attached hydrogen (secondary N) is 1. The van der Waals surface area contributed by atoms with Crippen molar-refractivity contribution in [3.8, 4) is 6.19 Å². The molecule has 1 aliphatic rings. The molecule has 15 heavy (non-hydrogen) atoms. The van der Waals surface area contributed by atoms with E-state index in [2.05, 4.69) is 5.32 Å². The second-order valence-corrected chi connectivity index (χ2v) is 4.19. The zero-order valence-electron chi connectivity index (χ0n) is 8.99. The highest BCUT2D eigenvalue weighted by Crippen LogP contribution is 2.18. The van der Waals surface area contributed by atoms with Gasteiger partial charge in [0.15, 0.2) is 6.19 Å². The van der Waals surface area contributed by atoms with Crippen molar-refractivity contribution in [2.45, 2.75) is 20.3 Å². The number of likely N-dealkylation sites (tertiary alicyclic amines) is 1. The summed E-state index contributed by atoms with van der Waals surface area (Å²) in [6.07, 6.45) is 1.81. The minimum atomic E-state index is -0.365. The average Bonchev–Trinajstić information content (AvgIpc) is 2.47. The molecule has 5 nitrogen and oxygen atoms in total. The molecule has 0 aromatic rings. The maximum absolute atomic E-state index is 11.5. The second kappa shape index (κ2) is 4.78. The Kier molecular flexibility index (Phi) is 3.67. The quantitative estimate of drug-likeness (QED) is 0.528. The Morgan fingerprint density at radius 1 is 1.73 bits per heavy atom. The number of rotatable bonds is 3. The van der Waals surface area contributed by atoms with Gasteiger partial charge in [0.25, 0.3) is 0 Å². The topological polar surface area (TPSA) is 73.2 Å². The molecule has 1 heterocycles. The molecule has 0 bridgehead atoms. The fraction of sp³-hybridized carbons (Fsp3) is 0.700. The van der Waals surface area contributed by atoms with Crippen molar-refractivity contribution < 1.29 is 9.59 Å². The third-order valence-corrected chi connectivity index (χ3v) is 2.35. The van der Waals surface area contributed by atoms with Crippen LogP contribution in [0.3, 0.4) is 0 Å². The van der Waals surface area contributed by atoms with Gasteiger partial charge < -0.3 is 4.90 Å². The molecule has 1 unspecified atom stereocenters. The number of nitrogens with zero attached hydrogens (tertiary/aromatic N) is 2. The van der Waals surface area contributed by atoms with Gasteiger partial charge in [-0.1, -0.05) is 13.8 Å². The number of carbonyl (C=O) groups excluding carboxylic acids is 2. The molecule has 0 radical (unpaired) electrons. The summed E-state index contributed by atoms with van der Waals surface area (Å²) in [4.78, 5) is 24.5. The highest BCUT2D eigenvalue weighted by Gasteiger charge is 2.34. The summed E-state index contributed by atoms with van der Waals surface area (Å²) in [7, 11) is 0. The first-order valence-corrected chi connectivity index (χ1v) is 5.01. The van der Waals surface area contributed by atoms with E-state index in [0.717, 1.165) is 0 Å². The van der Waals surface area contributed by atoms with Gasteiger partial charge in [-0.15, -0.1) is 0 Å². The van der Waals surface area contributed by atoms with E-state index >= 15 is 0 Å². The first kappa shape index (κ1) is 11.5. The van der Waals surface area contributed by atoms with Gasteiger partial charge in [-0.2, -0.15) is 5.26 Å². The van der Waals surface area contributed by atoms with Gasteiger partial charge in [-0.05, 0) is 5.92 Å². The summed E-state index contributed by atoms with van der Waals surface area (Å²) < 4.78 is 0. The molecule has 1 saturated heterocycles. The van der Waals surface area contributed by atoms with Crippen molar-refractivity contribution in [3.05, 3.63) is 0 Å².